The number of hydrogen-bond acceptors (Lipinski definition) is 2. The summed E-state index contributed by atoms with van der Waals surface area (Å²) in [6.45, 7) is 4.77. The van der Waals surface area contributed by atoms with E-state index in [1.807, 2.05) is 0 Å². The molecule has 0 spiro atoms. The lowest BCUT2D eigenvalue weighted by molar-refractivity contribution is 0.0535. The molecule has 0 aromatic rings. The number of alkyl carbamates (subject to hydrolysis) is 1. The third kappa shape index (κ3) is 5.37. The average Bonchev–Trinajstić information content (AvgIpc) is 1.58. The van der Waals surface area contributed by atoms with Gasteiger partial charge < -0.3 is 4.74 Å². The number of carbonyl (C=O) groups excluding carboxylic acids is 1. The molecule has 0 aliphatic carbocycles. The van der Waals surface area contributed by atoms with Gasteiger partial charge in [-0.25, -0.2) is 9.90 Å². The van der Waals surface area contributed by atoms with Gasteiger partial charge in [-0.2, -0.15) is 0 Å². The normalized spacial score (nSPS) is 12.9. The first-order valence-electron chi connectivity index (χ1n) is 3.15. The number of hydrogen-bond donors (Lipinski definition) is 1. The van der Waals surface area contributed by atoms with Crippen LogP contribution in [-0.2, 0) is 9.84 Å². The van der Waals surface area contributed by atoms with Crippen LogP contribution in [0.1, 0.15) is 20.8 Å². The largest absolute Gasteiger partial charge is 0.447 e. The van der Waals surface area contributed by atoms with Gasteiger partial charge >= 0.3 is 6.09 Å². The minimum absolute atomic E-state index is 0.182. The van der Waals surface area contributed by atoms with Gasteiger partial charge in [0.25, 0.3) is 0 Å². The van der Waals surface area contributed by atoms with Crippen LogP contribution in [0, 0.1) is 0 Å². The molecule has 0 rings (SSSR count). The van der Waals surface area contributed by atoms with E-state index >= 15 is 0 Å². The molecule has 1 radical (unpaired) electrons. The summed E-state index contributed by atoms with van der Waals surface area (Å²) < 4.78 is 4.61. The summed E-state index contributed by atoms with van der Waals surface area (Å²) in [5, 5.41) is 12.4. The van der Waals surface area contributed by atoms with Crippen molar-refractivity contribution >= 4 is 6.09 Å². The molecule has 4 heteroatoms. The molecule has 1 atom stereocenters. The van der Waals surface area contributed by atoms with Crippen molar-refractivity contribution in [3.05, 3.63) is 0 Å². The van der Waals surface area contributed by atoms with Crippen LogP contribution in [0.2, 0.25) is 0 Å². The molecule has 0 aromatic carbocycles. The van der Waals surface area contributed by atoms with Crippen molar-refractivity contribution in [2.75, 3.05) is 0 Å². The maximum absolute atomic E-state index is 10.5. The molecule has 4 nitrogen and oxygen atoms in total. The van der Waals surface area contributed by atoms with E-state index in [4.69, 9.17) is 0 Å². The summed E-state index contributed by atoms with van der Waals surface area (Å²) in [6.07, 6.45) is -1.94. The third-order valence-electron chi connectivity index (χ3n) is 0.664. The zero-order valence-electron chi connectivity index (χ0n) is 6.38. The summed E-state index contributed by atoms with van der Waals surface area (Å²) in [7, 11) is 0. The molecule has 0 bridgehead atoms. The van der Waals surface area contributed by atoms with Gasteiger partial charge in [-0.15, -0.1) is 0 Å². The van der Waals surface area contributed by atoms with E-state index in [-0.39, 0.29) is 6.10 Å². The fraction of sp³-hybridized carbons (Fsp3) is 0.833. The molecule has 1 N–H and O–H groups in total. The molecule has 0 aliphatic rings. The zero-order chi connectivity index (χ0) is 8.15. The Labute approximate surface area is 60.2 Å². The lowest BCUT2D eigenvalue weighted by Gasteiger charge is -2.09. The minimum atomic E-state index is -1.11. The van der Waals surface area contributed by atoms with Crippen molar-refractivity contribution < 1.29 is 14.6 Å². The molecule has 0 saturated carbocycles. The second-order valence-corrected chi connectivity index (χ2v) is 2.24. The smallest absolute Gasteiger partial charge is 0.409 e. The summed E-state index contributed by atoms with van der Waals surface area (Å²) in [5.41, 5.74) is 0. The molecule has 59 valence electrons. The summed E-state index contributed by atoms with van der Waals surface area (Å²) in [6, 6.07) is 0. The van der Waals surface area contributed by atoms with Crippen molar-refractivity contribution in [3.8, 4) is 0 Å². The Kier molecular flexibility index (Phi) is 3.79. The topological polar surface area (TPSA) is 58.2 Å². The van der Waals surface area contributed by atoms with Gasteiger partial charge in [0.2, 0.25) is 0 Å². The molecule has 0 aliphatic heterocycles. The predicted octanol–water partition coefficient (Wildman–Crippen LogP) is 0.897. The van der Waals surface area contributed by atoms with Crippen LogP contribution in [0.15, 0.2) is 0 Å². The minimum Gasteiger partial charge on any atom is -0.447 e. The Morgan fingerprint density at radius 3 is 2.20 bits per heavy atom. The Hall–Kier alpha value is -0.770. The average molecular weight is 146 g/mol. The van der Waals surface area contributed by atoms with Gasteiger partial charge in [-0.1, -0.05) is 0 Å². The highest BCUT2D eigenvalue weighted by Gasteiger charge is 2.06. The Bertz CT molecular complexity index is 99.6. The highest BCUT2D eigenvalue weighted by Crippen LogP contribution is 1.88. The van der Waals surface area contributed by atoms with Crippen LogP contribution in [0.5, 0.6) is 0 Å². The molecular weight excluding hydrogens is 134 g/mol. The molecule has 0 fully saturated rings. The van der Waals surface area contributed by atoms with E-state index in [2.05, 4.69) is 10.1 Å². The van der Waals surface area contributed by atoms with E-state index < -0.39 is 12.3 Å². The van der Waals surface area contributed by atoms with Gasteiger partial charge in [0.1, 0.15) is 0 Å². The van der Waals surface area contributed by atoms with Gasteiger partial charge in [-0.05, 0) is 20.8 Å². The van der Waals surface area contributed by atoms with Gasteiger partial charge in [0.15, 0.2) is 6.23 Å². The number of carbonyl (C=O) groups is 1. The maximum atomic E-state index is 10.5. The van der Waals surface area contributed by atoms with Crippen molar-refractivity contribution in [2.24, 2.45) is 0 Å². The summed E-state index contributed by atoms with van der Waals surface area (Å²) in [4.78, 5) is 10.5. The molecule has 0 heterocycles. The third-order valence-corrected chi connectivity index (χ3v) is 0.664. The summed E-state index contributed by atoms with van der Waals surface area (Å²) in [5.74, 6) is 0. The van der Waals surface area contributed by atoms with Crippen LogP contribution < -0.4 is 5.32 Å². The molecule has 1 amide bonds. The van der Waals surface area contributed by atoms with Gasteiger partial charge in [-0.3, -0.25) is 5.32 Å². The molecule has 1 unspecified atom stereocenters. The van der Waals surface area contributed by atoms with Crippen LogP contribution in [0.4, 0.5) is 4.79 Å². The second kappa shape index (κ2) is 4.11. The fourth-order valence-electron chi connectivity index (χ4n) is 0.414. The van der Waals surface area contributed by atoms with Crippen molar-refractivity contribution in [3.63, 3.8) is 0 Å². The van der Waals surface area contributed by atoms with E-state index in [0.717, 1.165) is 0 Å². The van der Waals surface area contributed by atoms with E-state index in [1.54, 1.807) is 13.8 Å². The Morgan fingerprint density at radius 1 is 1.40 bits per heavy atom. The number of ether oxygens (including phenoxy) is 1. The maximum Gasteiger partial charge on any atom is 0.409 e. The van der Waals surface area contributed by atoms with E-state index in [1.165, 1.54) is 6.92 Å². The number of rotatable bonds is 2. The molecular formula is C6H12NO3. The van der Waals surface area contributed by atoms with Crippen LogP contribution in [-0.4, -0.2) is 18.4 Å². The zero-order valence-corrected chi connectivity index (χ0v) is 6.38. The second-order valence-electron chi connectivity index (χ2n) is 2.24. The SMILES string of the molecule is CC([O])NC(=O)OC(C)C. The lowest BCUT2D eigenvalue weighted by Crippen LogP contribution is -2.33. The fourth-order valence-corrected chi connectivity index (χ4v) is 0.414. The first-order chi connectivity index (χ1) is 4.52. The monoisotopic (exact) mass is 146 g/mol. The first-order valence-corrected chi connectivity index (χ1v) is 3.15. The van der Waals surface area contributed by atoms with Crippen molar-refractivity contribution in [1.82, 2.24) is 5.32 Å². The van der Waals surface area contributed by atoms with Crippen molar-refractivity contribution in [2.45, 2.75) is 33.1 Å². The molecule has 0 saturated heterocycles. The first kappa shape index (κ1) is 9.23. The number of nitrogens with one attached hydrogen (secondary N) is 1. The Morgan fingerprint density at radius 2 is 1.90 bits per heavy atom. The van der Waals surface area contributed by atoms with Crippen molar-refractivity contribution in [1.29, 1.82) is 0 Å². The molecule has 0 aromatic heterocycles. The predicted molar refractivity (Wildman–Crippen MR) is 34.9 cm³/mol. The lowest BCUT2D eigenvalue weighted by atomic mass is 10.5. The van der Waals surface area contributed by atoms with Crippen LogP contribution >= 0.6 is 0 Å². The highest BCUT2D eigenvalue weighted by atomic mass is 16.6. The van der Waals surface area contributed by atoms with Crippen LogP contribution in [0.25, 0.3) is 0 Å². The van der Waals surface area contributed by atoms with Gasteiger partial charge in [0, 0.05) is 0 Å². The quantitative estimate of drug-likeness (QED) is 0.588. The number of amides is 1. The molecule has 10 heavy (non-hydrogen) atoms. The van der Waals surface area contributed by atoms with E-state index in [9.17, 15) is 9.90 Å². The Balaban J connectivity index is 3.44. The van der Waals surface area contributed by atoms with E-state index in [0.29, 0.717) is 0 Å². The van der Waals surface area contributed by atoms with Gasteiger partial charge in [0.05, 0.1) is 6.10 Å². The standard InChI is InChI=1S/C6H12NO3/c1-4(2)10-6(9)7-5(3)8/h4-5H,1-3H3,(H,7,9). The summed E-state index contributed by atoms with van der Waals surface area (Å²) >= 11 is 0. The van der Waals surface area contributed by atoms with Crippen LogP contribution in [0.3, 0.4) is 0 Å². The highest BCUT2D eigenvalue weighted by molar-refractivity contribution is 5.67.